The average Bonchev–Trinajstić information content (AvgIpc) is 2.36. The summed E-state index contributed by atoms with van der Waals surface area (Å²) in [5, 5.41) is 2.81. The first-order valence-electron chi connectivity index (χ1n) is 7.62. The summed E-state index contributed by atoms with van der Waals surface area (Å²) in [6.45, 7) is 9.46. The summed E-state index contributed by atoms with van der Waals surface area (Å²) in [6, 6.07) is 5.86. The van der Waals surface area contributed by atoms with Crippen LogP contribution in [0.25, 0.3) is 0 Å². The van der Waals surface area contributed by atoms with E-state index in [-0.39, 0.29) is 18.2 Å². The van der Waals surface area contributed by atoms with Crippen molar-refractivity contribution in [1.29, 1.82) is 0 Å². The Kier molecular flexibility index (Phi) is 6.92. The Morgan fingerprint density at radius 2 is 1.52 bits per heavy atom. The Morgan fingerprint density at radius 3 is 2.00 bits per heavy atom. The highest BCUT2D eigenvalue weighted by molar-refractivity contribution is 6.03. The van der Waals surface area contributed by atoms with Crippen molar-refractivity contribution in [3.05, 3.63) is 29.3 Å². The largest absolute Gasteiger partial charge is 0.342 e. The highest BCUT2D eigenvalue weighted by Crippen LogP contribution is 2.14. The van der Waals surface area contributed by atoms with Gasteiger partial charge in [0, 0.05) is 18.8 Å². The maximum atomic E-state index is 12.1. The standard InChI is InChI=1S/C17H26N2O2/c1-5-7-19(8-6-2)17(21)12-16(20)18-15-10-13(3)9-14(4)11-15/h9-11H,5-8,12H2,1-4H3,(H,18,20). The predicted octanol–water partition coefficient (Wildman–Crippen LogP) is 3.28. The fraction of sp³-hybridized carbons (Fsp3) is 0.529. The second kappa shape index (κ2) is 8.45. The topological polar surface area (TPSA) is 49.4 Å². The van der Waals surface area contributed by atoms with Crippen LogP contribution in [0.4, 0.5) is 5.69 Å². The van der Waals surface area contributed by atoms with Gasteiger partial charge in [-0.2, -0.15) is 0 Å². The molecule has 0 saturated carbocycles. The molecular formula is C17H26N2O2. The lowest BCUT2D eigenvalue weighted by Gasteiger charge is -2.21. The molecule has 116 valence electrons. The molecule has 2 amide bonds. The number of nitrogens with one attached hydrogen (secondary N) is 1. The van der Waals surface area contributed by atoms with Gasteiger partial charge in [-0.3, -0.25) is 9.59 Å². The number of nitrogens with zero attached hydrogens (tertiary/aromatic N) is 1. The number of aryl methyl sites for hydroxylation is 2. The van der Waals surface area contributed by atoms with E-state index in [1.54, 1.807) is 4.90 Å². The molecule has 0 radical (unpaired) electrons. The molecule has 0 saturated heterocycles. The first-order valence-corrected chi connectivity index (χ1v) is 7.62. The number of carbonyl (C=O) groups excluding carboxylic acids is 2. The lowest BCUT2D eigenvalue weighted by Crippen LogP contribution is -2.35. The first kappa shape index (κ1) is 17.2. The number of amides is 2. The summed E-state index contributed by atoms with van der Waals surface area (Å²) in [4.78, 5) is 25.9. The summed E-state index contributed by atoms with van der Waals surface area (Å²) in [7, 11) is 0. The van der Waals surface area contributed by atoms with E-state index in [0.29, 0.717) is 13.1 Å². The number of hydrogen-bond donors (Lipinski definition) is 1. The Bertz CT molecular complexity index is 471. The molecule has 0 aliphatic heterocycles. The molecule has 1 aromatic carbocycles. The molecule has 0 fully saturated rings. The van der Waals surface area contributed by atoms with Crippen molar-refractivity contribution < 1.29 is 9.59 Å². The minimum absolute atomic E-state index is 0.0903. The van der Waals surface area contributed by atoms with Crippen LogP contribution < -0.4 is 5.32 Å². The molecule has 1 N–H and O–H groups in total. The molecule has 4 nitrogen and oxygen atoms in total. The van der Waals surface area contributed by atoms with Crippen LogP contribution in [0.5, 0.6) is 0 Å². The van der Waals surface area contributed by atoms with E-state index in [1.807, 2.05) is 45.9 Å². The molecule has 4 heteroatoms. The van der Waals surface area contributed by atoms with Crippen LogP contribution in [0.15, 0.2) is 18.2 Å². The summed E-state index contributed by atoms with van der Waals surface area (Å²) in [5.41, 5.74) is 2.94. The number of anilines is 1. The molecule has 1 aromatic rings. The van der Waals surface area contributed by atoms with Crippen molar-refractivity contribution in [2.75, 3.05) is 18.4 Å². The van der Waals surface area contributed by atoms with Crippen LogP contribution in [0, 0.1) is 13.8 Å². The Balaban J connectivity index is 2.61. The van der Waals surface area contributed by atoms with E-state index in [0.717, 1.165) is 29.7 Å². The molecule has 0 spiro atoms. The molecule has 0 unspecified atom stereocenters. The minimum atomic E-state index is -0.248. The summed E-state index contributed by atoms with van der Waals surface area (Å²) in [6.07, 6.45) is 1.72. The van der Waals surface area contributed by atoms with Crippen LogP contribution in [-0.2, 0) is 9.59 Å². The van der Waals surface area contributed by atoms with Crippen molar-refractivity contribution in [2.24, 2.45) is 0 Å². The fourth-order valence-corrected chi connectivity index (χ4v) is 2.40. The normalized spacial score (nSPS) is 10.3. The zero-order chi connectivity index (χ0) is 15.8. The van der Waals surface area contributed by atoms with E-state index in [4.69, 9.17) is 0 Å². The van der Waals surface area contributed by atoms with E-state index in [1.165, 1.54) is 0 Å². The first-order chi connectivity index (χ1) is 9.96. The van der Waals surface area contributed by atoms with Gasteiger partial charge in [-0.05, 0) is 49.9 Å². The third kappa shape index (κ3) is 5.98. The minimum Gasteiger partial charge on any atom is -0.342 e. The van der Waals surface area contributed by atoms with Gasteiger partial charge >= 0.3 is 0 Å². The van der Waals surface area contributed by atoms with Gasteiger partial charge in [0.25, 0.3) is 0 Å². The Hall–Kier alpha value is -1.84. The lowest BCUT2D eigenvalue weighted by molar-refractivity contribution is -0.134. The number of benzene rings is 1. The third-order valence-electron chi connectivity index (χ3n) is 3.16. The monoisotopic (exact) mass is 290 g/mol. The smallest absolute Gasteiger partial charge is 0.233 e. The summed E-state index contributed by atoms with van der Waals surface area (Å²) >= 11 is 0. The molecule has 1 rings (SSSR count). The SMILES string of the molecule is CCCN(CCC)C(=O)CC(=O)Nc1cc(C)cc(C)c1. The second-order valence-electron chi connectivity index (χ2n) is 5.48. The molecule has 0 heterocycles. The highest BCUT2D eigenvalue weighted by atomic mass is 16.2. The quantitative estimate of drug-likeness (QED) is 0.783. The third-order valence-corrected chi connectivity index (χ3v) is 3.16. The van der Waals surface area contributed by atoms with Gasteiger partial charge in [-0.15, -0.1) is 0 Å². The molecule has 0 atom stereocenters. The molecule has 0 aromatic heterocycles. The van der Waals surface area contributed by atoms with Gasteiger partial charge < -0.3 is 10.2 Å². The van der Waals surface area contributed by atoms with Crippen molar-refractivity contribution in [3.63, 3.8) is 0 Å². The predicted molar refractivity (Wildman–Crippen MR) is 86.3 cm³/mol. The van der Waals surface area contributed by atoms with Crippen LogP contribution in [0.1, 0.15) is 44.2 Å². The van der Waals surface area contributed by atoms with E-state index < -0.39 is 0 Å². The van der Waals surface area contributed by atoms with Gasteiger partial charge in [0.05, 0.1) is 0 Å². The summed E-state index contributed by atoms with van der Waals surface area (Å²) in [5.74, 6) is -0.345. The van der Waals surface area contributed by atoms with Gasteiger partial charge in [0.15, 0.2) is 0 Å². The van der Waals surface area contributed by atoms with Crippen LogP contribution in [-0.4, -0.2) is 29.8 Å². The number of hydrogen-bond acceptors (Lipinski definition) is 2. The van der Waals surface area contributed by atoms with Crippen molar-refractivity contribution >= 4 is 17.5 Å². The van der Waals surface area contributed by atoms with Gasteiger partial charge in [0.1, 0.15) is 6.42 Å². The molecule has 0 bridgehead atoms. The highest BCUT2D eigenvalue weighted by Gasteiger charge is 2.16. The van der Waals surface area contributed by atoms with Crippen LogP contribution in [0.3, 0.4) is 0 Å². The van der Waals surface area contributed by atoms with Crippen LogP contribution >= 0.6 is 0 Å². The van der Waals surface area contributed by atoms with E-state index >= 15 is 0 Å². The van der Waals surface area contributed by atoms with Gasteiger partial charge in [-0.25, -0.2) is 0 Å². The number of carbonyl (C=O) groups is 2. The number of rotatable bonds is 7. The second-order valence-corrected chi connectivity index (χ2v) is 5.48. The summed E-state index contributed by atoms with van der Waals surface area (Å²) < 4.78 is 0. The lowest BCUT2D eigenvalue weighted by atomic mass is 10.1. The molecule has 21 heavy (non-hydrogen) atoms. The fourth-order valence-electron chi connectivity index (χ4n) is 2.40. The molecular weight excluding hydrogens is 264 g/mol. The van der Waals surface area contributed by atoms with Gasteiger partial charge in [0.2, 0.25) is 11.8 Å². The van der Waals surface area contributed by atoms with Crippen molar-refractivity contribution in [3.8, 4) is 0 Å². The van der Waals surface area contributed by atoms with Crippen molar-refractivity contribution in [1.82, 2.24) is 4.90 Å². The Labute approximate surface area is 127 Å². The maximum absolute atomic E-state index is 12.1. The zero-order valence-corrected chi connectivity index (χ0v) is 13.5. The molecule has 0 aliphatic carbocycles. The van der Waals surface area contributed by atoms with Crippen LogP contribution in [0.2, 0.25) is 0 Å². The van der Waals surface area contributed by atoms with Gasteiger partial charge in [-0.1, -0.05) is 19.9 Å². The van der Waals surface area contributed by atoms with Crippen molar-refractivity contribution in [2.45, 2.75) is 47.0 Å². The Morgan fingerprint density at radius 1 is 1.00 bits per heavy atom. The molecule has 0 aliphatic rings. The average molecular weight is 290 g/mol. The maximum Gasteiger partial charge on any atom is 0.233 e. The zero-order valence-electron chi connectivity index (χ0n) is 13.5. The van der Waals surface area contributed by atoms with E-state index in [2.05, 4.69) is 5.32 Å². The van der Waals surface area contributed by atoms with E-state index in [9.17, 15) is 9.59 Å².